The summed E-state index contributed by atoms with van der Waals surface area (Å²) < 4.78 is 0. The molecule has 0 aromatic rings. The van der Waals surface area contributed by atoms with Crippen LogP contribution in [0.5, 0.6) is 0 Å². The average molecular weight is 180 g/mol. The molecule has 2 atom stereocenters. The summed E-state index contributed by atoms with van der Waals surface area (Å²) in [7, 11) is 0. The van der Waals surface area contributed by atoms with E-state index in [9.17, 15) is 0 Å². The molecule has 0 N–H and O–H groups in total. The molecule has 0 amide bonds. The van der Waals surface area contributed by atoms with Crippen molar-refractivity contribution >= 4 is 0 Å². The van der Waals surface area contributed by atoms with Crippen LogP contribution < -0.4 is 0 Å². The van der Waals surface area contributed by atoms with Crippen LogP contribution in [0.15, 0.2) is 0 Å². The van der Waals surface area contributed by atoms with Crippen LogP contribution in [0.1, 0.15) is 59.3 Å². The molecule has 76 valence electrons. The molecular weight excluding hydrogens is 156 g/mol. The van der Waals surface area contributed by atoms with Crippen LogP contribution in [0.2, 0.25) is 0 Å². The Kier molecular flexibility index (Phi) is 7.90. The number of hydrogen-bond acceptors (Lipinski definition) is 0. The fraction of sp³-hybridized carbons (Fsp3) is 0.846. The third-order valence-corrected chi connectivity index (χ3v) is 2.93. The highest BCUT2D eigenvalue weighted by Crippen LogP contribution is 2.21. The van der Waals surface area contributed by atoms with Crippen molar-refractivity contribution in [3.05, 3.63) is 0 Å². The van der Waals surface area contributed by atoms with Gasteiger partial charge in [-0.1, -0.05) is 40.0 Å². The van der Waals surface area contributed by atoms with E-state index >= 15 is 0 Å². The minimum Gasteiger partial charge on any atom is -0.120 e. The SMILES string of the molecule is C#CC(CC)CCC(CC)CCC. The number of hydrogen-bond donors (Lipinski definition) is 0. The molecule has 0 rings (SSSR count). The Bertz CT molecular complexity index is 141. The second-order valence-electron chi connectivity index (χ2n) is 3.91. The second-order valence-corrected chi connectivity index (χ2v) is 3.91. The van der Waals surface area contributed by atoms with E-state index in [0.29, 0.717) is 5.92 Å². The fourth-order valence-corrected chi connectivity index (χ4v) is 1.80. The Hall–Kier alpha value is -0.440. The third-order valence-electron chi connectivity index (χ3n) is 2.93. The highest BCUT2D eigenvalue weighted by molar-refractivity contribution is 4.92. The molecule has 0 spiro atoms. The predicted molar refractivity (Wildman–Crippen MR) is 60.5 cm³/mol. The molecule has 0 fully saturated rings. The molecule has 2 unspecified atom stereocenters. The number of rotatable bonds is 7. The first-order chi connectivity index (χ1) is 6.28. The summed E-state index contributed by atoms with van der Waals surface area (Å²) in [5, 5.41) is 0. The summed E-state index contributed by atoms with van der Waals surface area (Å²) in [4.78, 5) is 0. The van der Waals surface area contributed by atoms with Gasteiger partial charge in [-0.3, -0.25) is 0 Å². The summed E-state index contributed by atoms with van der Waals surface area (Å²) in [6.45, 7) is 6.74. The van der Waals surface area contributed by atoms with Crippen molar-refractivity contribution in [3.8, 4) is 12.3 Å². The van der Waals surface area contributed by atoms with Crippen LogP contribution in [0.3, 0.4) is 0 Å². The van der Waals surface area contributed by atoms with Gasteiger partial charge in [0.05, 0.1) is 0 Å². The van der Waals surface area contributed by atoms with Crippen LogP contribution in [0, 0.1) is 24.2 Å². The van der Waals surface area contributed by atoms with Gasteiger partial charge in [0.15, 0.2) is 0 Å². The monoisotopic (exact) mass is 180 g/mol. The highest BCUT2D eigenvalue weighted by atomic mass is 14.1. The molecule has 0 aliphatic carbocycles. The lowest BCUT2D eigenvalue weighted by molar-refractivity contribution is 0.391. The molecule has 0 radical (unpaired) electrons. The van der Waals surface area contributed by atoms with Crippen LogP contribution in [-0.2, 0) is 0 Å². The molecule has 0 aliphatic rings. The van der Waals surface area contributed by atoms with Crippen molar-refractivity contribution in [2.24, 2.45) is 11.8 Å². The molecule has 13 heavy (non-hydrogen) atoms. The van der Waals surface area contributed by atoms with E-state index in [1.54, 1.807) is 0 Å². The van der Waals surface area contributed by atoms with Gasteiger partial charge in [0.25, 0.3) is 0 Å². The van der Waals surface area contributed by atoms with Gasteiger partial charge >= 0.3 is 0 Å². The van der Waals surface area contributed by atoms with Crippen molar-refractivity contribution < 1.29 is 0 Å². The van der Waals surface area contributed by atoms with Gasteiger partial charge in [-0.25, -0.2) is 0 Å². The maximum atomic E-state index is 5.43. The minimum atomic E-state index is 0.519. The van der Waals surface area contributed by atoms with Gasteiger partial charge in [-0.2, -0.15) is 0 Å². The standard InChI is InChI=1S/C13H24/c1-5-9-13(8-4)11-10-12(6-2)7-3/h2,12-13H,5,7-11H2,1,3-4H3. The molecule has 0 nitrogen and oxygen atoms in total. The van der Waals surface area contributed by atoms with Crippen LogP contribution in [0.25, 0.3) is 0 Å². The summed E-state index contributed by atoms with van der Waals surface area (Å²) in [5.41, 5.74) is 0. The molecule has 0 saturated heterocycles. The zero-order valence-electron chi connectivity index (χ0n) is 9.47. The third kappa shape index (κ3) is 5.75. The quantitative estimate of drug-likeness (QED) is 0.514. The summed E-state index contributed by atoms with van der Waals surface area (Å²) in [6.07, 6.45) is 13.1. The Balaban J connectivity index is 3.64. The van der Waals surface area contributed by atoms with Gasteiger partial charge in [0.1, 0.15) is 0 Å². The molecule has 0 heteroatoms. The van der Waals surface area contributed by atoms with Gasteiger partial charge in [0.2, 0.25) is 0 Å². The molecule has 0 aromatic heterocycles. The summed E-state index contributed by atoms with van der Waals surface area (Å²) >= 11 is 0. The van der Waals surface area contributed by atoms with E-state index in [0.717, 1.165) is 12.3 Å². The lowest BCUT2D eigenvalue weighted by Gasteiger charge is -2.15. The van der Waals surface area contributed by atoms with Crippen molar-refractivity contribution in [3.63, 3.8) is 0 Å². The highest BCUT2D eigenvalue weighted by Gasteiger charge is 2.08. The van der Waals surface area contributed by atoms with E-state index in [1.807, 2.05) is 0 Å². The van der Waals surface area contributed by atoms with Gasteiger partial charge in [0, 0.05) is 5.92 Å². The first kappa shape index (κ1) is 12.6. The maximum Gasteiger partial charge on any atom is 0.0197 e. The van der Waals surface area contributed by atoms with Crippen molar-refractivity contribution in [2.45, 2.75) is 59.3 Å². The van der Waals surface area contributed by atoms with Crippen molar-refractivity contribution in [2.75, 3.05) is 0 Å². The Morgan fingerprint density at radius 1 is 1.00 bits per heavy atom. The average Bonchev–Trinajstić information content (AvgIpc) is 2.17. The van der Waals surface area contributed by atoms with Gasteiger partial charge < -0.3 is 0 Å². The zero-order chi connectivity index (χ0) is 10.1. The summed E-state index contributed by atoms with van der Waals surface area (Å²) in [5.74, 6) is 4.30. The summed E-state index contributed by atoms with van der Waals surface area (Å²) in [6, 6.07) is 0. The van der Waals surface area contributed by atoms with E-state index in [1.165, 1.54) is 32.1 Å². The van der Waals surface area contributed by atoms with E-state index in [2.05, 4.69) is 26.7 Å². The predicted octanol–water partition coefficient (Wildman–Crippen LogP) is 4.25. The van der Waals surface area contributed by atoms with E-state index in [4.69, 9.17) is 6.42 Å². The number of terminal acetylenes is 1. The molecule has 0 bridgehead atoms. The van der Waals surface area contributed by atoms with Crippen LogP contribution >= 0.6 is 0 Å². The Labute approximate surface area is 84.1 Å². The minimum absolute atomic E-state index is 0.519. The normalized spacial score (nSPS) is 14.9. The molecule has 0 saturated carbocycles. The van der Waals surface area contributed by atoms with Crippen LogP contribution in [0.4, 0.5) is 0 Å². The Morgan fingerprint density at radius 2 is 1.69 bits per heavy atom. The largest absolute Gasteiger partial charge is 0.120 e. The molecular formula is C13H24. The van der Waals surface area contributed by atoms with Gasteiger partial charge in [-0.15, -0.1) is 12.3 Å². The van der Waals surface area contributed by atoms with Crippen LogP contribution in [-0.4, -0.2) is 0 Å². The smallest absolute Gasteiger partial charge is 0.0197 e. The first-order valence-corrected chi connectivity index (χ1v) is 5.74. The Morgan fingerprint density at radius 3 is 2.08 bits per heavy atom. The van der Waals surface area contributed by atoms with Crippen molar-refractivity contribution in [1.29, 1.82) is 0 Å². The maximum absolute atomic E-state index is 5.43. The molecule has 0 heterocycles. The van der Waals surface area contributed by atoms with E-state index in [-0.39, 0.29) is 0 Å². The fourth-order valence-electron chi connectivity index (χ4n) is 1.80. The zero-order valence-corrected chi connectivity index (χ0v) is 9.47. The first-order valence-electron chi connectivity index (χ1n) is 5.74. The topological polar surface area (TPSA) is 0 Å². The van der Waals surface area contributed by atoms with Crippen molar-refractivity contribution in [1.82, 2.24) is 0 Å². The lowest BCUT2D eigenvalue weighted by Crippen LogP contribution is -2.03. The second kappa shape index (κ2) is 8.17. The molecule has 0 aliphatic heterocycles. The lowest BCUT2D eigenvalue weighted by atomic mass is 9.90. The van der Waals surface area contributed by atoms with E-state index < -0.39 is 0 Å². The molecule has 0 aromatic carbocycles. The van der Waals surface area contributed by atoms with Gasteiger partial charge in [-0.05, 0) is 25.2 Å².